The Bertz CT molecular complexity index is 595. The second-order valence-corrected chi connectivity index (χ2v) is 7.34. The molecule has 1 saturated heterocycles. The largest absolute Gasteiger partial charge is 0.381 e. The molecule has 2 rings (SSSR count). The summed E-state index contributed by atoms with van der Waals surface area (Å²) < 4.78 is 25.0. The van der Waals surface area contributed by atoms with Crippen LogP contribution in [-0.4, -0.2) is 52.0 Å². The van der Waals surface area contributed by atoms with Crippen molar-refractivity contribution in [1.29, 1.82) is 0 Å². The van der Waals surface area contributed by atoms with E-state index >= 15 is 0 Å². The second kappa shape index (κ2) is 15.0. The summed E-state index contributed by atoms with van der Waals surface area (Å²) in [6.07, 6.45) is 4.92. The van der Waals surface area contributed by atoms with E-state index in [9.17, 15) is 4.39 Å². The summed E-state index contributed by atoms with van der Waals surface area (Å²) in [6.45, 7) is 9.42. The van der Waals surface area contributed by atoms with Gasteiger partial charge >= 0.3 is 0 Å². The summed E-state index contributed by atoms with van der Waals surface area (Å²) in [5.74, 6) is 0.610. The predicted molar refractivity (Wildman–Crippen MR) is 128 cm³/mol. The lowest BCUT2D eigenvalue weighted by Gasteiger charge is -2.36. The molecular formula is C22H37FIN3O2. The molecule has 0 atom stereocenters. The van der Waals surface area contributed by atoms with E-state index in [1.165, 1.54) is 6.07 Å². The van der Waals surface area contributed by atoms with Crippen LogP contribution in [0.1, 0.15) is 51.5 Å². The van der Waals surface area contributed by atoms with Crippen molar-refractivity contribution in [3.05, 3.63) is 35.6 Å². The van der Waals surface area contributed by atoms with Crippen LogP contribution in [0.5, 0.6) is 0 Å². The van der Waals surface area contributed by atoms with Gasteiger partial charge < -0.3 is 20.1 Å². The van der Waals surface area contributed by atoms with Gasteiger partial charge in [-0.3, -0.25) is 4.99 Å². The topological polar surface area (TPSA) is 54.9 Å². The number of hydrogen-bond acceptors (Lipinski definition) is 3. The molecule has 2 N–H and O–H groups in total. The summed E-state index contributed by atoms with van der Waals surface area (Å²) in [5.41, 5.74) is 0.839. The van der Waals surface area contributed by atoms with E-state index in [2.05, 4.69) is 24.5 Å². The highest BCUT2D eigenvalue weighted by Crippen LogP contribution is 2.35. The van der Waals surface area contributed by atoms with Crippen LogP contribution in [0.3, 0.4) is 0 Å². The molecular weight excluding hydrogens is 484 g/mol. The smallest absolute Gasteiger partial charge is 0.191 e. The van der Waals surface area contributed by atoms with E-state index in [0.29, 0.717) is 19.8 Å². The lowest BCUT2D eigenvalue weighted by molar-refractivity contribution is 0.0530. The van der Waals surface area contributed by atoms with Gasteiger partial charge in [-0.05, 0) is 50.3 Å². The Hall–Kier alpha value is -0.930. The maximum Gasteiger partial charge on any atom is 0.191 e. The van der Waals surface area contributed by atoms with Gasteiger partial charge in [0.05, 0.1) is 6.54 Å². The Morgan fingerprint density at radius 1 is 1.17 bits per heavy atom. The quantitative estimate of drug-likeness (QED) is 0.198. The van der Waals surface area contributed by atoms with E-state index in [1.54, 1.807) is 12.1 Å². The number of hydrogen-bond donors (Lipinski definition) is 2. The van der Waals surface area contributed by atoms with E-state index in [1.807, 2.05) is 6.07 Å². The molecule has 0 amide bonds. The molecule has 1 aliphatic rings. The van der Waals surface area contributed by atoms with Crippen LogP contribution in [0.4, 0.5) is 4.39 Å². The number of benzene rings is 1. The van der Waals surface area contributed by atoms with Gasteiger partial charge in [-0.1, -0.05) is 25.5 Å². The van der Waals surface area contributed by atoms with Crippen LogP contribution in [0.25, 0.3) is 0 Å². The molecule has 0 radical (unpaired) electrons. The molecule has 1 aliphatic heterocycles. The number of guanidine groups is 1. The number of aliphatic imine (C=N–C) groups is 1. The SMILES string of the molecule is CCCCOCCCNC(=NCC1(c2cccc(F)c2)CCOCC1)NCC.I. The van der Waals surface area contributed by atoms with Gasteiger partial charge in [0.1, 0.15) is 5.82 Å². The van der Waals surface area contributed by atoms with Crippen molar-refractivity contribution in [3.8, 4) is 0 Å². The summed E-state index contributed by atoms with van der Waals surface area (Å²) in [5, 5.41) is 6.69. The molecule has 166 valence electrons. The zero-order valence-corrected chi connectivity index (χ0v) is 20.2. The molecule has 0 unspecified atom stereocenters. The fourth-order valence-corrected chi connectivity index (χ4v) is 3.42. The van der Waals surface area contributed by atoms with Gasteiger partial charge in [0.15, 0.2) is 5.96 Å². The summed E-state index contributed by atoms with van der Waals surface area (Å²) in [4.78, 5) is 4.84. The van der Waals surface area contributed by atoms with Crippen LogP contribution in [0, 0.1) is 5.82 Å². The number of ether oxygens (including phenoxy) is 2. The fraction of sp³-hybridized carbons (Fsp3) is 0.682. The van der Waals surface area contributed by atoms with E-state index in [-0.39, 0.29) is 35.2 Å². The van der Waals surface area contributed by atoms with E-state index < -0.39 is 0 Å². The van der Waals surface area contributed by atoms with Crippen LogP contribution in [0.2, 0.25) is 0 Å². The molecule has 0 aromatic heterocycles. The van der Waals surface area contributed by atoms with Crippen molar-refractivity contribution < 1.29 is 13.9 Å². The molecule has 5 nitrogen and oxygen atoms in total. The Labute approximate surface area is 192 Å². The molecule has 7 heteroatoms. The van der Waals surface area contributed by atoms with Gasteiger partial charge in [-0.15, -0.1) is 24.0 Å². The van der Waals surface area contributed by atoms with Gasteiger partial charge in [0.25, 0.3) is 0 Å². The Kier molecular flexibility index (Phi) is 13.5. The molecule has 0 aliphatic carbocycles. The van der Waals surface area contributed by atoms with Crippen LogP contribution in [0.15, 0.2) is 29.3 Å². The molecule has 0 spiro atoms. The minimum Gasteiger partial charge on any atom is -0.381 e. The monoisotopic (exact) mass is 521 g/mol. The van der Waals surface area contributed by atoms with E-state index in [4.69, 9.17) is 14.5 Å². The average Bonchev–Trinajstić information content (AvgIpc) is 2.72. The first-order valence-corrected chi connectivity index (χ1v) is 10.6. The number of nitrogens with zero attached hydrogens (tertiary/aromatic N) is 1. The minimum absolute atomic E-state index is 0. The third-order valence-electron chi connectivity index (χ3n) is 5.17. The highest BCUT2D eigenvalue weighted by atomic mass is 127. The van der Waals surface area contributed by atoms with Gasteiger partial charge in [-0.2, -0.15) is 0 Å². The Morgan fingerprint density at radius 3 is 2.62 bits per heavy atom. The van der Waals surface area contributed by atoms with Crippen LogP contribution in [-0.2, 0) is 14.9 Å². The predicted octanol–water partition coefficient (Wildman–Crippen LogP) is 4.25. The fourth-order valence-electron chi connectivity index (χ4n) is 3.42. The van der Waals surface area contributed by atoms with Crippen molar-refractivity contribution >= 4 is 29.9 Å². The van der Waals surface area contributed by atoms with Crippen molar-refractivity contribution in [2.75, 3.05) is 46.1 Å². The first kappa shape index (κ1) is 26.1. The first-order valence-electron chi connectivity index (χ1n) is 10.6. The van der Waals surface area contributed by atoms with Crippen molar-refractivity contribution in [3.63, 3.8) is 0 Å². The molecule has 29 heavy (non-hydrogen) atoms. The van der Waals surface area contributed by atoms with Crippen LogP contribution >= 0.6 is 24.0 Å². The maximum atomic E-state index is 13.8. The van der Waals surface area contributed by atoms with Crippen molar-refractivity contribution in [1.82, 2.24) is 10.6 Å². The number of rotatable bonds is 11. The lowest BCUT2D eigenvalue weighted by Crippen LogP contribution is -2.41. The third kappa shape index (κ3) is 9.17. The lowest BCUT2D eigenvalue weighted by atomic mass is 9.74. The first-order chi connectivity index (χ1) is 13.7. The van der Waals surface area contributed by atoms with Crippen LogP contribution < -0.4 is 10.6 Å². The highest BCUT2D eigenvalue weighted by Gasteiger charge is 2.34. The molecule has 1 aromatic rings. The molecule has 0 bridgehead atoms. The Balaban J connectivity index is 0.00000420. The molecule has 0 saturated carbocycles. The molecule has 1 fully saturated rings. The number of unbranched alkanes of at least 4 members (excludes halogenated alkanes) is 1. The van der Waals surface area contributed by atoms with E-state index in [0.717, 1.165) is 69.9 Å². The third-order valence-corrected chi connectivity index (χ3v) is 5.17. The van der Waals surface area contributed by atoms with Crippen molar-refractivity contribution in [2.24, 2.45) is 4.99 Å². The Morgan fingerprint density at radius 2 is 1.93 bits per heavy atom. The summed E-state index contributed by atoms with van der Waals surface area (Å²) in [7, 11) is 0. The standard InChI is InChI=1S/C22H36FN3O2.HI/c1-3-5-13-27-14-7-12-25-21(24-4-2)26-18-22(10-15-28-16-11-22)19-8-6-9-20(23)17-19;/h6,8-9,17H,3-5,7,10-16,18H2,1-2H3,(H2,24,25,26);1H. The zero-order valence-electron chi connectivity index (χ0n) is 17.8. The normalized spacial score (nSPS) is 16.2. The van der Waals surface area contributed by atoms with Gasteiger partial charge in [-0.25, -0.2) is 4.39 Å². The minimum atomic E-state index is -0.194. The maximum absolute atomic E-state index is 13.8. The molecule has 1 aromatic carbocycles. The summed E-state index contributed by atoms with van der Waals surface area (Å²) in [6, 6.07) is 6.94. The second-order valence-electron chi connectivity index (χ2n) is 7.34. The van der Waals surface area contributed by atoms with Gasteiger partial charge in [0, 0.05) is 44.9 Å². The molecule has 1 heterocycles. The number of halogens is 2. The average molecular weight is 521 g/mol. The highest BCUT2D eigenvalue weighted by molar-refractivity contribution is 14.0. The van der Waals surface area contributed by atoms with Crippen molar-refractivity contribution in [2.45, 2.75) is 51.4 Å². The number of nitrogens with one attached hydrogen (secondary N) is 2. The summed E-state index contributed by atoms with van der Waals surface area (Å²) >= 11 is 0. The zero-order chi connectivity index (χ0) is 20.1. The van der Waals surface area contributed by atoms with Gasteiger partial charge in [0.2, 0.25) is 0 Å².